The van der Waals surface area contributed by atoms with Crippen LogP contribution in [0.4, 0.5) is 0 Å². The van der Waals surface area contributed by atoms with Crippen LogP contribution in [0, 0.1) is 0 Å². The van der Waals surface area contributed by atoms with E-state index in [1.54, 1.807) is 0 Å². The first-order valence-corrected chi connectivity index (χ1v) is 5.07. The van der Waals surface area contributed by atoms with Crippen LogP contribution in [0.15, 0.2) is 24.3 Å². The van der Waals surface area contributed by atoms with E-state index in [1.165, 1.54) is 11.1 Å². The van der Waals surface area contributed by atoms with Crippen molar-refractivity contribution in [3.63, 3.8) is 0 Å². The normalized spacial score (nSPS) is 19.3. The molecule has 0 radical (unpaired) electrons. The zero-order valence-corrected chi connectivity index (χ0v) is 8.07. The van der Waals surface area contributed by atoms with Gasteiger partial charge in [-0.25, -0.2) is 0 Å². The zero-order chi connectivity index (χ0) is 9.97. The molecule has 0 aliphatic heterocycles. The highest BCUT2D eigenvalue weighted by molar-refractivity contribution is 5.66. The lowest BCUT2D eigenvalue weighted by Crippen LogP contribution is -2.00. The lowest BCUT2D eigenvalue weighted by Gasteiger charge is -2.08. The highest BCUT2D eigenvalue weighted by atomic mass is 16.4. The molecule has 0 bridgehead atoms. The minimum Gasteiger partial charge on any atom is -0.481 e. The molecule has 1 aromatic rings. The second-order valence-corrected chi connectivity index (χ2v) is 3.87. The van der Waals surface area contributed by atoms with E-state index in [1.807, 2.05) is 6.07 Å². The van der Waals surface area contributed by atoms with Gasteiger partial charge in [-0.2, -0.15) is 0 Å². The number of fused-ring (bicyclic) bond motifs is 1. The molecule has 1 atom stereocenters. The molecule has 0 saturated heterocycles. The minimum atomic E-state index is -0.686. The molecule has 1 aromatic carbocycles. The van der Waals surface area contributed by atoms with Gasteiger partial charge >= 0.3 is 5.97 Å². The molecule has 1 unspecified atom stereocenters. The predicted molar refractivity (Wildman–Crippen MR) is 54.4 cm³/mol. The van der Waals surface area contributed by atoms with E-state index in [4.69, 9.17) is 5.11 Å². The van der Waals surface area contributed by atoms with Crippen LogP contribution in [-0.2, 0) is 11.2 Å². The highest BCUT2D eigenvalue weighted by Gasteiger charge is 2.21. The molecule has 0 aromatic heterocycles. The third-order valence-corrected chi connectivity index (χ3v) is 2.96. The van der Waals surface area contributed by atoms with Crippen molar-refractivity contribution in [1.82, 2.24) is 0 Å². The summed E-state index contributed by atoms with van der Waals surface area (Å²) in [4.78, 5) is 10.5. The average molecular weight is 190 g/mol. The van der Waals surface area contributed by atoms with Crippen LogP contribution in [0.5, 0.6) is 0 Å². The molecule has 0 fully saturated rings. The fourth-order valence-electron chi connectivity index (χ4n) is 2.24. The van der Waals surface area contributed by atoms with Gasteiger partial charge in [0, 0.05) is 6.42 Å². The Kier molecular flexibility index (Phi) is 2.53. The highest BCUT2D eigenvalue weighted by Crippen LogP contribution is 2.35. The summed E-state index contributed by atoms with van der Waals surface area (Å²) in [5, 5.41) is 8.62. The molecule has 14 heavy (non-hydrogen) atoms. The van der Waals surface area contributed by atoms with Gasteiger partial charge in [-0.15, -0.1) is 0 Å². The van der Waals surface area contributed by atoms with Crippen molar-refractivity contribution in [3.05, 3.63) is 35.4 Å². The van der Waals surface area contributed by atoms with Crippen LogP contribution < -0.4 is 0 Å². The number of benzene rings is 1. The van der Waals surface area contributed by atoms with Crippen molar-refractivity contribution in [3.8, 4) is 0 Å². The van der Waals surface area contributed by atoms with E-state index in [-0.39, 0.29) is 0 Å². The van der Waals surface area contributed by atoms with E-state index in [0.29, 0.717) is 12.3 Å². The van der Waals surface area contributed by atoms with Crippen molar-refractivity contribution in [1.29, 1.82) is 0 Å². The smallest absolute Gasteiger partial charge is 0.303 e. The number of carboxylic acids is 1. The van der Waals surface area contributed by atoms with Crippen molar-refractivity contribution in [2.24, 2.45) is 0 Å². The summed E-state index contributed by atoms with van der Waals surface area (Å²) < 4.78 is 0. The lowest BCUT2D eigenvalue weighted by molar-refractivity contribution is -0.137. The molecule has 1 aliphatic rings. The SMILES string of the molecule is O=C(O)CCC1CCc2ccccc21. The predicted octanol–water partition coefficient (Wildman–Crippen LogP) is 2.58. The molecule has 0 amide bonds. The van der Waals surface area contributed by atoms with Crippen molar-refractivity contribution in [2.75, 3.05) is 0 Å². The first kappa shape index (κ1) is 9.25. The number of rotatable bonds is 3. The van der Waals surface area contributed by atoms with E-state index in [9.17, 15) is 4.79 Å². The fourth-order valence-corrected chi connectivity index (χ4v) is 2.24. The number of carbonyl (C=O) groups is 1. The van der Waals surface area contributed by atoms with E-state index in [0.717, 1.165) is 19.3 Å². The Morgan fingerprint density at radius 2 is 2.21 bits per heavy atom. The van der Waals surface area contributed by atoms with Crippen molar-refractivity contribution in [2.45, 2.75) is 31.6 Å². The average Bonchev–Trinajstić information content (AvgIpc) is 2.58. The number of aryl methyl sites for hydroxylation is 1. The van der Waals surface area contributed by atoms with Crippen LogP contribution >= 0.6 is 0 Å². The third kappa shape index (κ3) is 1.79. The quantitative estimate of drug-likeness (QED) is 0.795. The van der Waals surface area contributed by atoms with Gasteiger partial charge in [0.2, 0.25) is 0 Å². The van der Waals surface area contributed by atoms with Gasteiger partial charge in [-0.3, -0.25) is 4.79 Å². The third-order valence-electron chi connectivity index (χ3n) is 2.96. The van der Waals surface area contributed by atoms with Gasteiger partial charge in [0.25, 0.3) is 0 Å². The molecule has 0 saturated carbocycles. The molecule has 1 N–H and O–H groups in total. The topological polar surface area (TPSA) is 37.3 Å². The summed E-state index contributed by atoms with van der Waals surface area (Å²) in [5.74, 6) is -0.211. The maximum absolute atomic E-state index is 10.5. The first-order chi connectivity index (χ1) is 6.77. The fraction of sp³-hybridized carbons (Fsp3) is 0.417. The van der Waals surface area contributed by atoms with Crippen LogP contribution in [0.3, 0.4) is 0 Å². The molecule has 2 nitrogen and oxygen atoms in total. The summed E-state index contributed by atoms with van der Waals surface area (Å²) in [7, 11) is 0. The largest absolute Gasteiger partial charge is 0.481 e. The number of hydrogen-bond donors (Lipinski definition) is 1. The van der Waals surface area contributed by atoms with Gasteiger partial charge in [0.05, 0.1) is 0 Å². The number of carboxylic acid groups (broad SMARTS) is 1. The summed E-state index contributed by atoms with van der Waals surface area (Å²) in [6.07, 6.45) is 3.30. The first-order valence-electron chi connectivity index (χ1n) is 5.07. The van der Waals surface area contributed by atoms with Gasteiger partial charge in [0.15, 0.2) is 0 Å². The van der Waals surface area contributed by atoms with Crippen LogP contribution in [0.2, 0.25) is 0 Å². The maximum Gasteiger partial charge on any atom is 0.303 e. The van der Waals surface area contributed by atoms with Crippen LogP contribution in [0.25, 0.3) is 0 Å². The molecular weight excluding hydrogens is 176 g/mol. The Hall–Kier alpha value is -1.31. The molecule has 2 heteroatoms. The summed E-state index contributed by atoms with van der Waals surface area (Å²) in [6, 6.07) is 8.38. The molecule has 0 heterocycles. The zero-order valence-electron chi connectivity index (χ0n) is 8.07. The van der Waals surface area contributed by atoms with Gasteiger partial charge in [-0.1, -0.05) is 24.3 Å². The van der Waals surface area contributed by atoms with Crippen LogP contribution in [-0.4, -0.2) is 11.1 Å². The minimum absolute atomic E-state index is 0.291. The molecule has 2 rings (SSSR count). The molecular formula is C12H14O2. The van der Waals surface area contributed by atoms with E-state index < -0.39 is 5.97 Å². The Bertz CT molecular complexity index is 344. The number of aliphatic carboxylic acids is 1. The van der Waals surface area contributed by atoms with Gasteiger partial charge in [-0.05, 0) is 36.3 Å². The van der Waals surface area contributed by atoms with Crippen molar-refractivity contribution < 1.29 is 9.90 Å². The maximum atomic E-state index is 10.5. The second kappa shape index (κ2) is 3.82. The number of hydrogen-bond acceptors (Lipinski definition) is 1. The van der Waals surface area contributed by atoms with Crippen molar-refractivity contribution >= 4 is 5.97 Å². The summed E-state index contributed by atoms with van der Waals surface area (Å²) >= 11 is 0. The van der Waals surface area contributed by atoms with E-state index >= 15 is 0 Å². The lowest BCUT2D eigenvalue weighted by atomic mass is 9.96. The Morgan fingerprint density at radius 1 is 1.43 bits per heavy atom. The summed E-state index contributed by atoms with van der Waals surface area (Å²) in [6.45, 7) is 0. The Morgan fingerprint density at radius 3 is 3.00 bits per heavy atom. The Balaban J connectivity index is 2.07. The summed E-state index contributed by atoms with van der Waals surface area (Å²) in [5.41, 5.74) is 2.77. The molecule has 1 aliphatic carbocycles. The Labute approximate surface area is 83.6 Å². The second-order valence-electron chi connectivity index (χ2n) is 3.87. The standard InChI is InChI=1S/C12H14O2/c13-12(14)8-7-10-6-5-9-3-1-2-4-11(9)10/h1-4,10H,5-8H2,(H,13,14). The van der Waals surface area contributed by atoms with E-state index in [2.05, 4.69) is 18.2 Å². The molecule has 0 spiro atoms. The molecule has 74 valence electrons. The van der Waals surface area contributed by atoms with Crippen LogP contribution in [0.1, 0.15) is 36.3 Å². The van der Waals surface area contributed by atoms with Gasteiger partial charge in [0.1, 0.15) is 0 Å². The monoisotopic (exact) mass is 190 g/mol. The van der Waals surface area contributed by atoms with Gasteiger partial charge < -0.3 is 5.11 Å².